The minimum atomic E-state index is -0.782. The first-order chi connectivity index (χ1) is 7.11. The van der Waals surface area contributed by atoms with Crippen LogP contribution in [-0.4, -0.2) is 31.4 Å². The lowest BCUT2D eigenvalue weighted by atomic mass is 9.88. The van der Waals surface area contributed by atoms with E-state index in [9.17, 15) is 9.59 Å². The molecule has 86 valence electrons. The Morgan fingerprint density at radius 2 is 1.80 bits per heavy atom. The van der Waals surface area contributed by atoms with E-state index in [0.717, 1.165) is 0 Å². The van der Waals surface area contributed by atoms with E-state index < -0.39 is 12.4 Å². The Morgan fingerprint density at radius 3 is 2.27 bits per heavy atom. The number of rotatable bonds is 5. The van der Waals surface area contributed by atoms with Crippen LogP contribution in [0.1, 0.15) is 20.8 Å². The van der Waals surface area contributed by atoms with Crippen LogP contribution in [0.2, 0.25) is 0 Å². The predicted molar refractivity (Wildman–Crippen MR) is 50.7 cm³/mol. The van der Waals surface area contributed by atoms with Gasteiger partial charge in [0.25, 0.3) is 12.9 Å². The van der Waals surface area contributed by atoms with Crippen molar-refractivity contribution in [1.82, 2.24) is 0 Å². The third kappa shape index (κ3) is 2.47. The van der Waals surface area contributed by atoms with Crippen LogP contribution in [0.3, 0.4) is 0 Å². The smallest absolute Gasteiger partial charge is 0.295 e. The summed E-state index contributed by atoms with van der Waals surface area (Å²) < 4.78 is 15.1. The first kappa shape index (κ1) is 12.0. The average Bonchev–Trinajstić information content (AvgIpc) is 2.44. The molecule has 5 heteroatoms. The van der Waals surface area contributed by atoms with Crippen LogP contribution < -0.4 is 0 Å². The van der Waals surface area contributed by atoms with E-state index in [-0.39, 0.29) is 17.9 Å². The third-order valence-corrected chi connectivity index (χ3v) is 2.71. The highest BCUT2D eigenvalue weighted by atomic mass is 16.7. The molecule has 1 aliphatic heterocycles. The van der Waals surface area contributed by atoms with Crippen molar-refractivity contribution in [3.05, 3.63) is 0 Å². The molecule has 4 atom stereocenters. The molecular formula is C10H16O5. The maximum absolute atomic E-state index is 10.4. The molecule has 4 unspecified atom stereocenters. The molecule has 0 aromatic rings. The Balaban J connectivity index is 2.76. The van der Waals surface area contributed by atoms with Gasteiger partial charge in [0.2, 0.25) is 6.29 Å². The summed E-state index contributed by atoms with van der Waals surface area (Å²) in [6.45, 7) is 6.56. The molecule has 0 aromatic heterocycles. The molecular weight excluding hydrogens is 200 g/mol. The van der Waals surface area contributed by atoms with Crippen LogP contribution in [0.15, 0.2) is 0 Å². The van der Waals surface area contributed by atoms with Crippen molar-refractivity contribution in [2.45, 2.75) is 39.3 Å². The predicted octanol–water partition coefficient (Wildman–Crippen LogP) is 0.718. The van der Waals surface area contributed by atoms with Gasteiger partial charge in [0.1, 0.15) is 0 Å². The molecule has 0 aliphatic carbocycles. The van der Waals surface area contributed by atoms with Gasteiger partial charge < -0.3 is 14.2 Å². The van der Waals surface area contributed by atoms with E-state index in [0.29, 0.717) is 12.9 Å². The molecule has 1 fully saturated rings. The Hall–Kier alpha value is -1.10. The van der Waals surface area contributed by atoms with Crippen LogP contribution in [-0.2, 0) is 23.8 Å². The Kier molecular flexibility index (Phi) is 4.08. The fourth-order valence-electron chi connectivity index (χ4n) is 2.13. The fraction of sp³-hybridized carbons (Fsp3) is 0.800. The van der Waals surface area contributed by atoms with Crippen molar-refractivity contribution >= 4 is 12.9 Å². The summed E-state index contributed by atoms with van der Waals surface area (Å²) in [4.78, 5) is 20.6. The lowest BCUT2D eigenvalue weighted by Gasteiger charge is -2.23. The van der Waals surface area contributed by atoms with Crippen molar-refractivity contribution in [2.75, 3.05) is 0 Å². The molecule has 0 radical (unpaired) electrons. The fourth-order valence-corrected chi connectivity index (χ4v) is 2.13. The molecule has 0 bridgehead atoms. The van der Waals surface area contributed by atoms with Gasteiger partial charge in [-0.25, -0.2) is 0 Å². The van der Waals surface area contributed by atoms with Crippen molar-refractivity contribution in [3.63, 3.8) is 0 Å². The molecule has 1 aliphatic rings. The van der Waals surface area contributed by atoms with Crippen LogP contribution in [0.4, 0.5) is 0 Å². The van der Waals surface area contributed by atoms with Crippen molar-refractivity contribution in [2.24, 2.45) is 11.8 Å². The zero-order chi connectivity index (χ0) is 11.4. The second-order valence-corrected chi connectivity index (χ2v) is 3.96. The molecule has 1 heterocycles. The standard InChI is InChI=1S/C10H16O5/c1-6(2)8-7(3)15-10(14-5-12)9(8)13-4-11/h4-10H,1-3H3. The van der Waals surface area contributed by atoms with Gasteiger partial charge in [0, 0.05) is 5.92 Å². The van der Waals surface area contributed by atoms with Crippen molar-refractivity contribution in [3.8, 4) is 0 Å². The summed E-state index contributed by atoms with van der Waals surface area (Å²) in [6, 6.07) is 0. The van der Waals surface area contributed by atoms with Crippen molar-refractivity contribution < 1.29 is 23.8 Å². The largest absolute Gasteiger partial charge is 0.457 e. The summed E-state index contributed by atoms with van der Waals surface area (Å²) in [5, 5.41) is 0. The summed E-state index contributed by atoms with van der Waals surface area (Å²) in [6.07, 6.45) is -1.39. The Labute approximate surface area is 88.7 Å². The van der Waals surface area contributed by atoms with Gasteiger partial charge in [-0.3, -0.25) is 9.59 Å². The third-order valence-electron chi connectivity index (χ3n) is 2.71. The van der Waals surface area contributed by atoms with E-state index in [1.54, 1.807) is 0 Å². The second kappa shape index (κ2) is 5.11. The van der Waals surface area contributed by atoms with Gasteiger partial charge in [0.15, 0.2) is 6.10 Å². The van der Waals surface area contributed by atoms with Gasteiger partial charge in [-0.1, -0.05) is 13.8 Å². The molecule has 0 spiro atoms. The van der Waals surface area contributed by atoms with Gasteiger partial charge in [-0.15, -0.1) is 0 Å². The van der Waals surface area contributed by atoms with Crippen LogP contribution in [0, 0.1) is 11.8 Å². The van der Waals surface area contributed by atoms with E-state index in [4.69, 9.17) is 14.2 Å². The zero-order valence-electron chi connectivity index (χ0n) is 9.08. The van der Waals surface area contributed by atoms with E-state index in [2.05, 4.69) is 0 Å². The lowest BCUT2D eigenvalue weighted by Crippen LogP contribution is -2.34. The highest BCUT2D eigenvalue weighted by Gasteiger charge is 2.46. The van der Waals surface area contributed by atoms with Gasteiger partial charge in [-0.05, 0) is 12.8 Å². The summed E-state index contributed by atoms with van der Waals surface area (Å²) in [7, 11) is 0. The monoisotopic (exact) mass is 216 g/mol. The van der Waals surface area contributed by atoms with Gasteiger partial charge in [-0.2, -0.15) is 0 Å². The SMILES string of the molecule is CC(C)C1C(C)OC(OC=O)C1OC=O. The quantitative estimate of drug-likeness (QED) is 0.633. The first-order valence-electron chi connectivity index (χ1n) is 4.95. The van der Waals surface area contributed by atoms with E-state index in [1.165, 1.54) is 0 Å². The summed E-state index contributed by atoms with van der Waals surface area (Å²) in [5.74, 6) is 0.324. The topological polar surface area (TPSA) is 61.8 Å². The maximum atomic E-state index is 10.4. The molecule has 5 nitrogen and oxygen atoms in total. The normalized spacial score (nSPS) is 35.2. The number of carbonyl (C=O) groups is 2. The molecule has 0 N–H and O–H groups in total. The number of carbonyl (C=O) groups excluding carboxylic acids is 2. The second-order valence-electron chi connectivity index (χ2n) is 3.96. The minimum Gasteiger partial charge on any atom is -0.457 e. The summed E-state index contributed by atoms with van der Waals surface area (Å²) >= 11 is 0. The number of hydrogen-bond donors (Lipinski definition) is 0. The molecule has 15 heavy (non-hydrogen) atoms. The van der Waals surface area contributed by atoms with Gasteiger partial charge in [0.05, 0.1) is 6.10 Å². The molecule has 1 saturated heterocycles. The first-order valence-corrected chi connectivity index (χ1v) is 4.95. The zero-order valence-corrected chi connectivity index (χ0v) is 9.08. The van der Waals surface area contributed by atoms with E-state index in [1.807, 2.05) is 20.8 Å². The number of hydrogen-bond acceptors (Lipinski definition) is 5. The van der Waals surface area contributed by atoms with E-state index >= 15 is 0 Å². The van der Waals surface area contributed by atoms with Crippen LogP contribution in [0.25, 0.3) is 0 Å². The maximum Gasteiger partial charge on any atom is 0.295 e. The Bertz CT molecular complexity index is 228. The van der Waals surface area contributed by atoms with Crippen LogP contribution >= 0.6 is 0 Å². The average molecular weight is 216 g/mol. The molecule has 1 rings (SSSR count). The van der Waals surface area contributed by atoms with Crippen LogP contribution in [0.5, 0.6) is 0 Å². The highest BCUT2D eigenvalue weighted by Crippen LogP contribution is 2.34. The highest BCUT2D eigenvalue weighted by molar-refractivity contribution is 5.39. The van der Waals surface area contributed by atoms with Crippen molar-refractivity contribution in [1.29, 1.82) is 0 Å². The summed E-state index contributed by atoms with van der Waals surface area (Å²) in [5.41, 5.74) is 0. The lowest BCUT2D eigenvalue weighted by molar-refractivity contribution is -0.180. The molecule has 0 amide bonds. The Morgan fingerprint density at radius 1 is 1.20 bits per heavy atom. The molecule has 0 aromatic carbocycles. The number of ether oxygens (including phenoxy) is 3. The van der Waals surface area contributed by atoms with Gasteiger partial charge >= 0.3 is 0 Å². The molecule has 0 saturated carbocycles. The minimum absolute atomic E-state index is 0.0418.